The number of piperidine rings is 1. The maximum absolute atomic E-state index is 14.2. The summed E-state index contributed by atoms with van der Waals surface area (Å²) in [5.41, 5.74) is 6.98. The van der Waals surface area contributed by atoms with Crippen LogP contribution in [0.4, 0.5) is 4.39 Å². The predicted molar refractivity (Wildman–Crippen MR) is 80.6 cm³/mol. The molecule has 4 heteroatoms. The van der Waals surface area contributed by atoms with Crippen LogP contribution in [0.15, 0.2) is 18.2 Å². The molecule has 1 heterocycles. The normalized spacial score (nSPS) is 19.3. The molecule has 19 heavy (non-hydrogen) atoms. The molecule has 1 aromatic rings. The van der Waals surface area contributed by atoms with Crippen LogP contribution in [0, 0.1) is 11.2 Å². The molecule has 1 fully saturated rings. The van der Waals surface area contributed by atoms with Gasteiger partial charge in [0.25, 0.3) is 0 Å². The summed E-state index contributed by atoms with van der Waals surface area (Å²) in [6.45, 7) is 7.25. The van der Waals surface area contributed by atoms with Crippen LogP contribution >= 0.6 is 12.2 Å². The first-order chi connectivity index (χ1) is 8.89. The van der Waals surface area contributed by atoms with Crippen molar-refractivity contribution in [1.82, 2.24) is 4.90 Å². The van der Waals surface area contributed by atoms with Crippen molar-refractivity contribution >= 4 is 17.2 Å². The second-order valence-electron chi connectivity index (χ2n) is 6.08. The summed E-state index contributed by atoms with van der Waals surface area (Å²) in [5.74, 6) is -0.264. The maximum atomic E-state index is 14.2. The summed E-state index contributed by atoms with van der Waals surface area (Å²) in [6, 6.07) is 5.28. The van der Waals surface area contributed by atoms with Crippen LogP contribution in [0.2, 0.25) is 0 Å². The van der Waals surface area contributed by atoms with Crippen molar-refractivity contribution < 1.29 is 4.39 Å². The number of nitrogens with two attached hydrogens (primary N) is 1. The number of hydrogen-bond acceptors (Lipinski definition) is 2. The van der Waals surface area contributed by atoms with Gasteiger partial charge in [0, 0.05) is 17.7 Å². The number of halogens is 1. The van der Waals surface area contributed by atoms with Crippen LogP contribution < -0.4 is 5.73 Å². The highest BCUT2D eigenvalue weighted by atomic mass is 32.1. The van der Waals surface area contributed by atoms with Crippen molar-refractivity contribution in [3.8, 4) is 0 Å². The summed E-state index contributed by atoms with van der Waals surface area (Å²) in [7, 11) is 0. The lowest BCUT2D eigenvalue weighted by Crippen LogP contribution is -2.37. The molecule has 0 atom stereocenters. The van der Waals surface area contributed by atoms with Crippen LogP contribution in [0.25, 0.3) is 0 Å². The molecular formula is C15H21FN2S. The molecule has 1 saturated heterocycles. The van der Waals surface area contributed by atoms with Gasteiger partial charge in [-0.2, -0.15) is 0 Å². The van der Waals surface area contributed by atoms with Crippen LogP contribution in [0.3, 0.4) is 0 Å². The third kappa shape index (κ3) is 3.51. The minimum Gasteiger partial charge on any atom is -0.389 e. The minimum absolute atomic E-state index is 0.124. The largest absolute Gasteiger partial charge is 0.389 e. The quantitative estimate of drug-likeness (QED) is 0.863. The van der Waals surface area contributed by atoms with Gasteiger partial charge in [0.15, 0.2) is 0 Å². The van der Waals surface area contributed by atoms with E-state index in [-0.39, 0.29) is 10.8 Å². The summed E-state index contributed by atoms with van der Waals surface area (Å²) < 4.78 is 14.2. The van der Waals surface area contributed by atoms with Crippen LogP contribution in [-0.4, -0.2) is 23.0 Å². The molecular weight excluding hydrogens is 259 g/mol. The van der Waals surface area contributed by atoms with E-state index in [0.717, 1.165) is 25.9 Å². The lowest BCUT2D eigenvalue weighted by Gasteiger charge is -2.37. The Bertz CT molecular complexity index is 475. The second-order valence-corrected chi connectivity index (χ2v) is 6.52. The van der Waals surface area contributed by atoms with Crippen molar-refractivity contribution in [2.45, 2.75) is 33.2 Å². The molecule has 0 radical (unpaired) electrons. The molecule has 1 aliphatic rings. The standard InChI is InChI=1S/C15H21FN2S/c1-15(2)6-8-18(9-7-15)10-11-4-3-5-12(13(11)16)14(17)19/h3-5H,6-10H2,1-2H3,(H2,17,19). The average molecular weight is 280 g/mol. The Kier molecular flexibility index (Phi) is 4.21. The summed E-state index contributed by atoms with van der Waals surface area (Å²) in [5, 5.41) is 0. The third-order valence-electron chi connectivity index (χ3n) is 3.95. The first-order valence-corrected chi connectivity index (χ1v) is 7.09. The smallest absolute Gasteiger partial charge is 0.137 e. The zero-order chi connectivity index (χ0) is 14.0. The Morgan fingerprint density at radius 2 is 2.00 bits per heavy atom. The molecule has 0 bridgehead atoms. The minimum atomic E-state index is -0.264. The fourth-order valence-corrected chi connectivity index (χ4v) is 2.61. The number of hydrogen-bond donors (Lipinski definition) is 1. The molecule has 0 spiro atoms. The fourth-order valence-electron chi connectivity index (χ4n) is 2.45. The Balaban J connectivity index is 2.08. The van der Waals surface area contributed by atoms with Gasteiger partial charge in [0.05, 0.1) is 0 Å². The molecule has 1 aliphatic heterocycles. The molecule has 0 saturated carbocycles. The second kappa shape index (κ2) is 5.55. The Morgan fingerprint density at radius 3 is 2.58 bits per heavy atom. The zero-order valence-corrected chi connectivity index (χ0v) is 12.4. The van der Waals surface area contributed by atoms with E-state index in [1.807, 2.05) is 12.1 Å². The lowest BCUT2D eigenvalue weighted by atomic mass is 9.82. The number of nitrogens with zero attached hydrogens (tertiary/aromatic N) is 1. The van der Waals surface area contributed by atoms with E-state index < -0.39 is 0 Å². The van der Waals surface area contributed by atoms with Gasteiger partial charge in [-0.25, -0.2) is 4.39 Å². The number of rotatable bonds is 3. The SMILES string of the molecule is CC1(C)CCN(Cc2cccc(C(N)=S)c2F)CC1. The number of thiocarbonyl (C=S) groups is 1. The van der Waals surface area contributed by atoms with Gasteiger partial charge in [-0.1, -0.05) is 38.2 Å². The monoisotopic (exact) mass is 280 g/mol. The molecule has 1 aromatic carbocycles. The van der Waals surface area contributed by atoms with E-state index in [0.29, 0.717) is 23.1 Å². The molecule has 2 rings (SSSR count). The number of benzene rings is 1. The summed E-state index contributed by atoms with van der Waals surface area (Å²) >= 11 is 4.87. The average Bonchev–Trinajstić information content (AvgIpc) is 2.34. The molecule has 0 aromatic heterocycles. The first-order valence-electron chi connectivity index (χ1n) is 6.69. The Hall–Kier alpha value is -1.00. The van der Waals surface area contributed by atoms with E-state index in [9.17, 15) is 4.39 Å². The van der Waals surface area contributed by atoms with Gasteiger partial charge < -0.3 is 5.73 Å². The van der Waals surface area contributed by atoms with Crippen molar-refractivity contribution in [2.75, 3.05) is 13.1 Å². The molecule has 0 unspecified atom stereocenters. The van der Waals surface area contributed by atoms with Gasteiger partial charge in [-0.3, -0.25) is 4.90 Å². The van der Waals surface area contributed by atoms with Crippen LogP contribution in [0.1, 0.15) is 37.8 Å². The molecule has 104 valence electrons. The van der Waals surface area contributed by atoms with Gasteiger partial charge in [0.2, 0.25) is 0 Å². The van der Waals surface area contributed by atoms with E-state index in [2.05, 4.69) is 18.7 Å². The highest BCUT2D eigenvalue weighted by molar-refractivity contribution is 7.80. The van der Waals surface area contributed by atoms with Gasteiger partial charge in [-0.15, -0.1) is 0 Å². The molecule has 0 amide bonds. The van der Waals surface area contributed by atoms with Crippen molar-refractivity contribution in [3.05, 3.63) is 35.1 Å². The Morgan fingerprint density at radius 1 is 1.37 bits per heavy atom. The van der Waals surface area contributed by atoms with Crippen LogP contribution in [0.5, 0.6) is 0 Å². The van der Waals surface area contributed by atoms with E-state index in [4.69, 9.17) is 18.0 Å². The highest BCUT2D eigenvalue weighted by Gasteiger charge is 2.25. The summed E-state index contributed by atoms with van der Waals surface area (Å²) in [6.07, 6.45) is 2.31. The van der Waals surface area contributed by atoms with Crippen LogP contribution in [-0.2, 0) is 6.54 Å². The van der Waals surface area contributed by atoms with E-state index in [1.165, 1.54) is 0 Å². The maximum Gasteiger partial charge on any atom is 0.137 e. The highest BCUT2D eigenvalue weighted by Crippen LogP contribution is 2.30. The third-order valence-corrected chi connectivity index (χ3v) is 4.17. The Labute approximate surface area is 119 Å². The molecule has 2 nitrogen and oxygen atoms in total. The molecule has 2 N–H and O–H groups in total. The van der Waals surface area contributed by atoms with E-state index >= 15 is 0 Å². The fraction of sp³-hybridized carbons (Fsp3) is 0.533. The van der Waals surface area contributed by atoms with Crippen molar-refractivity contribution in [3.63, 3.8) is 0 Å². The summed E-state index contributed by atoms with van der Waals surface area (Å²) in [4.78, 5) is 2.42. The number of likely N-dealkylation sites (tertiary alicyclic amines) is 1. The van der Waals surface area contributed by atoms with Crippen molar-refractivity contribution in [1.29, 1.82) is 0 Å². The van der Waals surface area contributed by atoms with E-state index in [1.54, 1.807) is 6.07 Å². The van der Waals surface area contributed by atoms with Gasteiger partial charge >= 0.3 is 0 Å². The van der Waals surface area contributed by atoms with Crippen molar-refractivity contribution in [2.24, 2.45) is 11.1 Å². The first kappa shape index (κ1) is 14.4. The van der Waals surface area contributed by atoms with Gasteiger partial charge in [0.1, 0.15) is 10.8 Å². The zero-order valence-electron chi connectivity index (χ0n) is 11.6. The molecule has 0 aliphatic carbocycles. The van der Waals surface area contributed by atoms with Gasteiger partial charge in [-0.05, 0) is 37.4 Å². The lowest BCUT2D eigenvalue weighted by molar-refractivity contribution is 0.126. The predicted octanol–water partition coefficient (Wildman–Crippen LogP) is 3.08. The topological polar surface area (TPSA) is 29.3 Å².